The molecule has 0 aliphatic heterocycles. The van der Waals surface area contributed by atoms with Gasteiger partial charge in [-0.2, -0.15) is 0 Å². The van der Waals surface area contributed by atoms with E-state index >= 15 is 0 Å². The lowest BCUT2D eigenvalue weighted by atomic mass is 10.1. The van der Waals surface area contributed by atoms with E-state index in [0.29, 0.717) is 24.1 Å². The highest BCUT2D eigenvalue weighted by atomic mass is 32.2. The number of carbonyl (C=O) groups is 1. The molecular weight excluding hydrogens is 350 g/mol. The summed E-state index contributed by atoms with van der Waals surface area (Å²) in [5.74, 6) is -0.957. The van der Waals surface area contributed by atoms with Gasteiger partial charge in [-0.15, -0.1) is 0 Å². The molecule has 26 heavy (non-hydrogen) atoms. The van der Waals surface area contributed by atoms with Crippen molar-refractivity contribution in [2.75, 3.05) is 10.1 Å². The Morgan fingerprint density at radius 2 is 1.81 bits per heavy atom. The fourth-order valence-corrected chi connectivity index (χ4v) is 4.49. The van der Waals surface area contributed by atoms with Crippen molar-refractivity contribution in [1.29, 1.82) is 0 Å². The monoisotopic (exact) mass is 375 g/mol. The van der Waals surface area contributed by atoms with Crippen LogP contribution in [0.2, 0.25) is 0 Å². The Balaban J connectivity index is 2.47. The second kappa shape index (κ2) is 8.85. The number of aromatic carboxylic acids is 1. The van der Waals surface area contributed by atoms with Gasteiger partial charge in [0.25, 0.3) is 0 Å². The minimum absolute atomic E-state index is 0.0696. The van der Waals surface area contributed by atoms with Crippen LogP contribution in [0.3, 0.4) is 0 Å². The normalized spacial score (nSPS) is 11.3. The van der Waals surface area contributed by atoms with Crippen LogP contribution in [-0.4, -0.2) is 25.2 Å². The van der Waals surface area contributed by atoms with Crippen molar-refractivity contribution in [3.05, 3.63) is 65.2 Å². The third-order valence-electron chi connectivity index (χ3n) is 4.23. The summed E-state index contributed by atoms with van der Waals surface area (Å²) in [7, 11) is -3.52. The summed E-state index contributed by atoms with van der Waals surface area (Å²) in [6.45, 7) is 4.06. The van der Waals surface area contributed by atoms with Gasteiger partial charge in [0.15, 0.2) is 0 Å². The predicted octanol–water partition coefficient (Wildman–Crippen LogP) is 4.08. The zero-order chi connectivity index (χ0) is 19.2. The molecule has 0 radical (unpaired) electrons. The molecular formula is C20H25NO4S. The third kappa shape index (κ3) is 4.85. The Morgan fingerprint density at radius 1 is 1.08 bits per heavy atom. The fraction of sp³-hybridized carbons (Fsp3) is 0.350. The third-order valence-corrected chi connectivity index (χ3v) is 6.03. The maximum Gasteiger partial charge on any atom is 0.335 e. The van der Waals surface area contributed by atoms with Crippen molar-refractivity contribution in [2.24, 2.45) is 0 Å². The Bertz CT molecular complexity index is 862. The molecule has 1 N–H and O–H groups in total. The zero-order valence-electron chi connectivity index (χ0n) is 15.2. The van der Waals surface area contributed by atoms with E-state index in [1.807, 2.05) is 38.1 Å². The highest BCUT2D eigenvalue weighted by Gasteiger charge is 2.24. The molecule has 0 spiro atoms. The Hall–Kier alpha value is -2.34. The van der Waals surface area contributed by atoms with E-state index in [-0.39, 0.29) is 17.9 Å². The number of carboxylic acids is 1. The van der Waals surface area contributed by atoms with E-state index in [2.05, 4.69) is 0 Å². The summed E-state index contributed by atoms with van der Waals surface area (Å²) in [6, 6.07) is 13.9. The van der Waals surface area contributed by atoms with Gasteiger partial charge in [-0.1, -0.05) is 50.6 Å². The van der Waals surface area contributed by atoms with Gasteiger partial charge in [0.05, 0.1) is 23.5 Å². The molecule has 0 fully saturated rings. The number of hydrogen-bond acceptors (Lipinski definition) is 3. The van der Waals surface area contributed by atoms with Gasteiger partial charge in [0.2, 0.25) is 10.0 Å². The SMILES string of the molecule is CCCCS(=O)(=O)N(Cc1cccc(C(=O)O)c1)c1ccccc1CC. The summed E-state index contributed by atoms with van der Waals surface area (Å²) in [6.07, 6.45) is 2.09. The Kier molecular flexibility index (Phi) is 6.80. The van der Waals surface area contributed by atoms with E-state index < -0.39 is 16.0 Å². The first-order chi connectivity index (χ1) is 12.4. The molecule has 0 unspecified atom stereocenters. The molecule has 0 amide bonds. The van der Waals surface area contributed by atoms with Gasteiger partial charge in [0.1, 0.15) is 0 Å². The number of sulfonamides is 1. The molecule has 0 bridgehead atoms. The lowest BCUT2D eigenvalue weighted by Crippen LogP contribution is -2.33. The van der Waals surface area contributed by atoms with Crippen LogP contribution >= 0.6 is 0 Å². The Morgan fingerprint density at radius 3 is 2.46 bits per heavy atom. The maximum absolute atomic E-state index is 13.0. The van der Waals surface area contributed by atoms with Crippen LogP contribution in [0.15, 0.2) is 48.5 Å². The standard InChI is InChI=1S/C20H25NO4S/c1-3-5-13-26(24,25)21(19-12-7-6-10-17(19)4-2)15-16-9-8-11-18(14-16)20(22)23/h6-12,14H,3-5,13,15H2,1-2H3,(H,22,23). The summed E-state index contributed by atoms with van der Waals surface area (Å²) in [5.41, 5.74) is 2.40. The molecule has 5 nitrogen and oxygen atoms in total. The zero-order valence-corrected chi connectivity index (χ0v) is 16.0. The van der Waals surface area contributed by atoms with Gasteiger partial charge in [0, 0.05) is 0 Å². The van der Waals surface area contributed by atoms with Gasteiger partial charge in [-0.05, 0) is 42.2 Å². The van der Waals surface area contributed by atoms with Crippen LogP contribution in [0.4, 0.5) is 5.69 Å². The van der Waals surface area contributed by atoms with E-state index in [0.717, 1.165) is 12.0 Å². The van der Waals surface area contributed by atoms with Crippen molar-refractivity contribution in [3.8, 4) is 0 Å². The number of carboxylic acid groups (broad SMARTS) is 1. The van der Waals surface area contributed by atoms with Crippen molar-refractivity contribution in [2.45, 2.75) is 39.7 Å². The average molecular weight is 375 g/mol. The second-order valence-corrected chi connectivity index (χ2v) is 8.18. The van der Waals surface area contributed by atoms with Crippen LogP contribution in [0.1, 0.15) is 48.2 Å². The van der Waals surface area contributed by atoms with Crippen LogP contribution in [0.5, 0.6) is 0 Å². The number of hydrogen-bond donors (Lipinski definition) is 1. The first-order valence-corrected chi connectivity index (χ1v) is 10.4. The number of aryl methyl sites for hydroxylation is 1. The lowest BCUT2D eigenvalue weighted by molar-refractivity contribution is 0.0696. The maximum atomic E-state index is 13.0. The quantitative estimate of drug-likeness (QED) is 0.716. The summed E-state index contributed by atoms with van der Waals surface area (Å²) >= 11 is 0. The van der Waals surface area contributed by atoms with E-state index in [1.54, 1.807) is 12.1 Å². The fourth-order valence-electron chi connectivity index (χ4n) is 2.79. The number of nitrogens with zero attached hydrogens (tertiary/aromatic N) is 1. The van der Waals surface area contributed by atoms with Crippen molar-refractivity contribution >= 4 is 21.7 Å². The first-order valence-electron chi connectivity index (χ1n) is 8.79. The first kappa shape index (κ1) is 20.0. The molecule has 0 saturated carbocycles. The second-order valence-electron chi connectivity index (χ2n) is 6.16. The van der Waals surface area contributed by atoms with E-state index in [9.17, 15) is 18.3 Å². The molecule has 0 heterocycles. The van der Waals surface area contributed by atoms with E-state index in [4.69, 9.17) is 0 Å². The van der Waals surface area contributed by atoms with Crippen LogP contribution in [0, 0.1) is 0 Å². The van der Waals surface area contributed by atoms with Crippen LogP contribution in [0.25, 0.3) is 0 Å². The molecule has 0 aromatic heterocycles. The average Bonchev–Trinajstić information content (AvgIpc) is 2.64. The number of anilines is 1. The van der Waals surface area contributed by atoms with Gasteiger partial charge >= 0.3 is 5.97 Å². The predicted molar refractivity (Wildman–Crippen MR) is 104 cm³/mol. The largest absolute Gasteiger partial charge is 0.478 e. The lowest BCUT2D eigenvalue weighted by Gasteiger charge is -2.27. The summed E-state index contributed by atoms with van der Waals surface area (Å²) in [4.78, 5) is 11.2. The number of benzene rings is 2. The minimum atomic E-state index is -3.52. The van der Waals surface area contributed by atoms with Gasteiger partial charge in [-0.25, -0.2) is 13.2 Å². The van der Waals surface area contributed by atoms with E-state index in [1.165, 1.54) is 16.4 Å². The molecule has 2 rings (SSSR count). The molecule has 0 atom stereocenters. The van der Waals surface area contributed by atoms with Gasteiger partial charge < -0.3 is 5.11 Å². The number of unbranched alkanes of at least 4 members (excludes halogenated alkanes) is 1. The minimum Gasteiger partial charge on any atom is -0.478 e. The number of para-hydroxylation sites is 1. The van der Waals surface area contributed by atoms with Crippen molar-refractivity contribution in [3.63, 3.8) is 0 Å². The molecule has 0 aliphatic rings. The van der Waals surface area contributed by atoms with Crippen molar-refractivity contribution in [1.82, 2.24) is 0 Å². The molecule has 2 aromatic rings. The molecule has 2 aromatic carbocycles. The number of rotatable bonds is 9. The molecule has 0 aliphatic carbocycles. The van der Waals surface area contributed by atoms with Crippen LogP contribution < -0.4 is 4.31 Å². The smallest absolute Gasteiger partial charge is 0.335 e. The topological polar surface area (TPSA) is 74.7 Å². The Labute approximate surface area is 155 Å². The van der Waals surface area contributed by atoms with Crippen LogP contribution in [-0.2, 0) is 23.0 Å². The highest BCUT2D eigenvalue weighted by molar-refractivity contribution is 7.92. The van der Waals surface area contributed by atoms with Crippen molar-refractivity contribution < 1.29 is 18.3 Å². The highest BCUT2D eigenvalue weighted by Crippen LogP contribution is 2.27. The molecule has 0 saturated heterocycles. The molecule has 6 heteroatoms. The van der Waals surface area contributed by atoms with Gasteiger partial charge in [-0.3, -0.25) is 4.31 Å². The summed E-state index contributed by atoms with van der Waals surface area (Å²) < 4.78 is 27.4. The molecule has 140 valence electrons. The summed E-state index contributed by atoms with van der Waals surface area (Å²) in [5, 5.41) is 9.19.